The number of hydrogen-bond donors (Lipinski definition) is 0. The average molecular weight is 196 g/mol. The maximum Gasteiger partial charge on any atom is 0.331 e. The highest BCUT2D eigenvalue weighted by molar-refractivity contribution is 6.01. The predicted octanol–water partition coefficient (Wildman–Crippen LogP) is 1.86. The summed E-state index contributed by atoms with van der Waals surface area (Å²) in [7, 11) is 0. The van der Waals surface area contributed by atoms with Crippen LogP contribution in [-0.2, 0) is 14.3 Å². The third kappa shape index (κ3) is 2.98. The fraction of sp³-hybridized carbons (Fsp3) is 0.636. The number of ketones is 1. The number of allylic oxidation sites excluding steroid dienone is 1. The molecule has 0 amide bonds. The minimum absolute atomic E-state index is 0.0937. The zero-order chi connectivity index (χ0) is 10.6. The van der Waals surface area contributed by atoms with Crippen LogP contribution in [0.1, 0.15) is 33.1 Å². The van der Waals surface area contributed by atoms with Crippen molar-refractivity contribution in [3.63, 3.8) is 0 Å². The molecule has 1 unspecified atom stereocenters. The lowest BCUT2D eigenvalue weighted by Crippen LogP contribution is -2.16. The molecule has 0 heterocycles. The monoisotopic (exact) mass is 196 g/mol. The summed E-state index contributed by atoms with van der Waals surface area (Å²) in [6, 6.07) is 0. The molecule has 0 aromatic rings. The van der Waals surface area contributed by atoms with Crippen LogP contribution < -0.4 is 0 Å². The first-order valence-electron chi connectivity index (χ1n) is 5.04. The largest absolute Gasteiger partial charge is 0.463 e. The van der Waals surface area contributed by atoms with Gasteiger partial charge in [0.05, 0.1) is 6.61 Å². The van der Waals surface area contributed by atoms with Crippen LogP contribution in [0.2, 0.25) is 0 Å². The second-order valence-corrected chi connectivity index (χ2v) is 3.69. The van der Waals surface area contributed by atoms with Crippen molar-refractivity contribution in [2.24, 2.45) is 5.92 Å². The van der Waals surface area contributed by atoms with Crippen molar-refractivity contribution in [2.75, 3.05) is 6.61 Å². The van der Waals surface area contributed by atoms with Crippen LogP contribution in [0.4, 0.5) is 0 Å². The van der Waals surface area contributed by atoms with E-state index < -0.39 is 5.97 Å². The summed E-state index contributed by atoms with van der Waals surface area (Å²) >= 11 is 0. The molecule has 1 fully saturated rings. The summed E-state index contributed by atoms with van der Waals surface area (Å²) in [5.74, 6) is 0.189. The Hall–Kier alpha value is -1.12. The van der Waals surface area contributed by atoms with Crippen molar-refractivity contribution in [2.45, 2.75) is 33.1 Å². The second-order valence-electron chi connectivity index (χ2n) is 3.69. The molecule has 3 nitrogen and oxygen atoms in total. The van der Waals surface area contributed by atoms with E-state index in [1.807, 2.05) is 0 Å². The summed E-state index contributed by atoms with van der Waals surface area (Å²) in [4.78, 5) is 22.5. The predicted molar refractivity (Wildman–Crippen MR) is 52.7 cm³/mol. The summed E-state index contributed by atoms with van der Waals surface area (Å²) < 4.78 is 4.76. The van der Waals surface area contributed by atoms with E-state index in [4.69, 9.17) is 4.74 Å². The highest BCUT2D eigenvalue weighted by Gasteiger charge is 2.21. The average Bonchev–Trinajstić information content (AvgIpc) is 2.12. The lowest BCUT2D eigenvalue weighted by atomic mass is 9.86. The van der Waals surface area contributed by atoms with Crippen molar-refractivity contribution in [1.29, 1.82) is 0 Å². The lowest BCUT2D eigenvalue weighted by Gasteiger charge is -2.18. The Morgan fingerprint density at radius 2 is 2.36 bits per heavy atom. The molecule has 0 aliphatic heterocycles. The first-order chi connectivity index (χ1) is 6.63. The molecule has 0 aromatic heterocycles. The van der Waals surface area contributed by atoms with Gasteiger partial charge in [0, 0.05) is 18.1 Å². The Balaban J connectivity index is 2.64. The van der Waals surface area contributed by atoms with E-state index >= 15 is 0 Å². The van der Waals surface area contributed by atoms with E-state index in [1.165, 1.54) is 6.08 Å². The zero-order valence-corrected chi connectivity index (χ0v) is 8.71. The minimum atomic E-state index is -0.398. The third-order valence-electron chi connectivity index (χ3n) is 2.37. The van der Waals surface area contributed by atoms with Gasteiger partial charge in [-0.3, -0.25) is 4.79 Å². The van der Waals surface area contributed by atoms with Gasteiger partial charge in [0.2, 0.25) is 0 Å². The lowest BCUT2D eigenvalue weighted by molar-refractivity contribution is -0.137. The van der Waals surface area contributed by atoms with Gasteiger partial charge < -0.3 is 4.74 Å². The Bertz CT molecular complexity index is 266. The molecule has 0 aromatic carbocycles. The van der Waals surface area contributed by atoms with Crippen molar-refractivity contribution in [3.8, 4) is 0 Å². The maximum absolute atomic E-state index is 11.4. The fourth-order valence-corrected chi connectivity index (χ4v) is 1.59. The summed E-state index contributed by atoms with van der Waals surface area (Å²) in [5.41, 5.74) is 0.627. The van der Waals surface area contributed by atoms with Gasteiger partial charge in [-0.05, 0) is 25.7 Å². The van der Waals surface area contributed by atoms with Crippen LogP contribution in [-0.4, -0.2) is 18.4 Å². The van der Waals surface area contributed by atoms with Crippen LogP contribution in [0.25, 0.3) is 0 Å². The molecular formula is C11H16O3. The molecule has 0 N–H and O–H groups in total. The number of rotatable bonds is 2. The highest BCUT2D eigenvalue weighted by atomic mass is 16.5. The quantitative estimate of drug-likeness (QED) is 0.500. The standard InChI is InChI=1S/C11H16O3/c1-3-14-11(13)7-9-6-8(2)4-5-10(9)12/h7-8H,3-6H2,1-2H3. The van der Waals surface area contributed by atoms with Gasteiger partial charge >= 0.3 is 5.97 Å². The highest BCUT2D eigenvalue weighted by Crippen LogP contribution is 2.25. The van der Waals surface area contributed by atoms with Gasteiger partial charge in [-0.2, -0.15) is 0 Å². The molecule has 3 heteroatoms. The smallest absolute Gasteiger partial charge is 0.331 e. The number of carbonyl (C=O) groups is 2. The van der Waals surface area contributed by atoms with Gasteiger partial charge in [-0.1, -0.05) is 6.92 Å². The van der Waals surface area contributed by atoms with Crippen molar-refractivity contribution < 1.29 is 14.3 Å². The molecule has 0 bridgehead atoms. The zero-order valence-electron chi connectivity index (χ0n) is 8.71. The van der Waals surface area contributed by atoms with Gasteiger partial charge in [0.15, 0.2) is 5.78 Å². The van der Waals surface area contributed by atoms with Crippen LogP contribution in [0.5, 0.6) is 0 Å². The van der Waals surface area contributed by atoms with Crippen LogP contribution in [0.15, 0.2) is 11.6 Å². The van der Waals surface area contributed by atoms with Gasteiger partial charge in [-0.25, -0.2) is 4.79 Å². The number of esters is 1. The Labute approximate surface area is 84.1 Å². The molecule has 1 atom stereocenters. The SMILES string of the molecule is CCOC(=O)C=C1CC(C)CCC1=O. The van der Waals surface area contributed by atoms with E-state index in [0.717, 1.165) is 6.42 Å². The van der Waals surface area contributed by atoms with Crippen LogP contribution in [0, 0.1) is 5.92 Å². The molecule has 0 saturated heterocycles. The molecule has 0 radical (unpaired) electrons. The molecule has 1 aliphatic rings. The fourth-order valence-electron chi connectivity index (χ4n) is 1.59. The number of Topliss-reactive ketones (excluding diaryl/α,β-unsaturated/α-hetero) is 1. The Kier molecular flexibility index (Phi) is 3.86. The number of hydrogen-bond acceptors (Lipinski definition) is 3. The molecule has 14 heavy (non-hydrogen) atoms. The summed E-state index contributed by atoms with van der Waals surface area (Å²) in [6.07, 6.45) is 3.55. The molecule has 78 valence electrons. The minimum Gasteiger partial charge on any atom is -0.463 e. The van der Waals surface area contributed by atoms with Crippen LogP contribution >= 0.6 is 0 Å². The van der Waals surface area contributed by atoms with Gasteiger partial charge in [-0.15, -0.1) is 0 Å². The first-order valence-corrected chi connectivity index (χ1v) is 5.04. The van der Waals surface area contributed by atoms with Gasteiger partial charge in [0.25, 0.3) is 0 Å². The third-order valence-corrected chi connectivity index (χ3v) is 2.37. The molecular weight excluding hydrogens is 180 g/mol. The Morgan fingerprint density at radius 1 is 1.64 bits per heavy atom. The molecule has 1 rings (SSSR count). The molecule has 1 saturated carbocycles. The van der Waals surface area contributed by atoms with Crippen LogP contribution in [0.3, 0.4) is 0 Å². The van der Waals surface area contributed by atoms with E-state index in [-0.39, 0.29) is 5.78 Å². The Morgan fingerprint density at radius 3 is 3.00 bits per heavy atom. The van der Waals surface area contributed by atoms with E-state index in [1.54, 1.807) is 6.92 Å². The van der Waals surface area contributed by atoms with E-state index in [0.29, 0.717) is 30.9 Å². The van der Waals surface area contributed by atoms with E-state index in [9.17, 15) is 9.59 Å². The number of carbonyl (C=O) groups excluding carboxylic acids is 2. The molecule has 1 aliphatic carbocycles. The molecule has 0 spiro atoms. The second kappa shape index (κ2) is 4.94. The maximum atomic E-state index is 11.4. The summed E-state index contributed by atoms with van der Waals surface area (Å²) in [6.45, 7) is 4.19. The van der Waals surface area contributed by atoms with Crippen molar-refractivity contribution in [1.82, 2.24) is 0 Å². The van der Waals surface area contributed by atoms with E-state index in [2.05, 4.69) is 6.92 Å². The van der Waals surface area contributed by atoms with Gasteiger partial charge in [0.1, 0.15) is 0 Å². The number of ether oxygens (including phenoxy) is 1. The van der Waals surface area contributed by atoms with Crippen molar-refractivity contribution >= 4 is 11.8 Å². The first kappa shape index (κ1) is 11.0. The topological polar surface area (TPSA) is 43.4 Å². The van der Waals surface area contributed by atoms with Crippen molar-refractivity contribution in [3.05, 3.63) is 11.6 Å². The summed E-state index contributed by atoms with van der Waals surface area (Å²) in [5, 5.41) is 0. The normalized spacial score (nSPS) is 25.1.